The average molecular weight is 249 g/mol. The van der Waals surface area contributed by atoms with Gasteiger partial charge in [-0.3, -0.25) is 0 Å². The summed E-state index contributed by atoms with van der Waals surface area (Å²) in [6.45, 7) is 3.69. The molecule has 3 N–H and O–H groups in total. The Morgan fingerprint density at radius 3 is 2.83 bits per heavy atom. The number of anilines is 1. The first-order valence-corrected chi connectivity index (χ1v) is 6.42. The maximum Gasteiger partial charge on any atom is 0.142 e. The molecule has 0 aliphatic heterocycles. The number of ether oxygens (including phenoxy) is 1. The fraction of sp³-hybridized carbons (Fsp3) is 0.467. The molecule has 3 heteroatoms. The van der Waals surface area contributed by atoms with Crippen molar-refractivity contribution in [2.24, 2.45) is 0 Å². The minimum Gasteiger partial charge on any atom is -0.495 e. The Morgan fingerprint density at radius 2 is 2.17 bits per heavy atom. The summed E-state index contributed by atoms with van der Waals surface area (Å²) in [6.07, 6.45) is 6.41. The van der Waals surface area contributed by atoms with Crippen molar-refractivity contribution < 1.29 is 9.84 Å². The predicted molar refractivity (Wildman–Crippen MR) is 75.6 cm³/mol. The van der Waals surface area contributed by atoms with Crippen LogP contribution >= 0.6 is 0 Å². The monoisotopic (exact) mass is 249 g/mol. The number of para-hydroxylation sites is 1. The van der Waals surface area contributed by atoms with Crippen molar-refractivity contribution >= 4 is 5.69 Å². The van der Waals surface area contributed by atoms with Crippen LogP contribution < -0.4 is 10.5 Å². The molecule has 3 nitrogen and oxygen atoms in total. The lowest BCUT2D eigenvalue weighted by Crippen LogP contribution is -2.04. The Balaban J connectivity index is 2.50. The number of aliphatic hydroxyl groups excluding tert-OH is 1. The van der Waals surface area contributed by atoms with E-state index in [4.69, 9.17) is 10.5 Å². The number of methoxy groups -OCH3 is 1. The Kier molecular flexibility index (Phi) is 6.29. The van der Waals surface area contributed by atoms with Crippen molar-refractivity contribution in [3.8, 4) is 5.75 Å². The first kappa shape index (κ1) is 14.6. The normalized spacial score (nSPS) is 12.1. The van der Waals surface area contributed by atoms with Crippen molar-refractivity contribution in [2.45, 2.75) is 38.2 Å². The van der Waals surface area contributed by atoms with Crippen LogP contribution in [0.25, 0.3) is 0 Å². The van der Waals surface area contributed by atoms with Gasteiger partial charge in [-0.2, -0.15) is 0 Å². The third-order valence-electron chi connectivity index (χ3n) is 3.06. The van der Waals surface area contributed by atoms with Gasteiger partial charge in [0.05, 0.1) is 18.9 Å². The molecule has 1 rings (SSSR count). The van der Waals surface area contributed by atoms with E-state index in [2.05, 4.69) is 6.58 Å². The third-order valence-corrected chi connectivity index (χ3v) is 3.06. The number of hydrogen-bond acceptors (Lipinski definition) is 3. The van der Waals surface area contributed by atoms with Crippen LogP contribution in [0.1, 0.15) is 43.8 Å². The largest absolute Gasteiger partial charge is 0.495 e. The highest BCUT2D eigenvalue weighted by molar-refractivity contribution is 5.59. The van der Waals surface area contributed by atoms with Gasteiger partial charge in [0.2, 0.25) is 0 Å². The second-order valence-corrected chi connectivity index (χ2v) is 4.41. The number of unbranched alkanes of at least 4 members (excludes halogenated alkanes) is 3. The molecular weight excluding hydrogens is 226 g/mol. The fourth-order valence-electron chi connectivity index (χ4n) is 1.99. The second kappa shape index (κ2) is 7.77. The maximum atomic E-state index is 10.1. The Hall–Kier alpha value is -1.48. The Labute approximate surface area is 109 Å². The van der Waals surface area contributed by atoms with E-state index in [1.165, 1.54) is 0 Å². The first-order valence-electron chi connectivity index (χ1n) is 6.42. The highest BCUT2D eigenvalue weighted by atomic mass is 16.5. The van der Waals surface area contributed by atoms with Crippen LogP contribution in [0.3, 0.4) is 0 Å². The molecule has 0 spiro atoms. The summed E-state index contributed by atoms with van der Waals surface area (Å²) in [7, 11) is 1.58. The summed E-state index contributed by atoms with van der Waals surface area (Å²) < 4.78 is 5.15. The van der Waals surface area contributed by atoms with Gasteiger partial charge in [-0.25, -0.2) is 0 Å². The van der Waals surface area contributed by atoms with Crippen LogP contribution in [0.4, 0.5) is 5.69 Å². The summed E-state index contributed by atoms with van der Waals surface area (Å²) in [6, 6.07) is 5.51. The summed E-state index contributed by atoms with van der Waals surface area (Å²) in [4.78, 5) is 0. The van der Waals surface area contributed by atoms with Gasteiger partial charge in [-0.1, -0.05) is 31.1 Å². The van der Waals surface area contributed by atoms with E-state index in [-0.39, 0.29) is 0 Å². The molecule has 1 atom stereocenters. The molecule has 0 radical (unpaired) electrons. The topological polar surface area (TPSA) is 55.5 Å². The fourth-order valence-corrected chi connectivity index (χ4v) is 1.99. The molecule has 0 amide bonds. The lowest BCUT2D eigenvalue weighted by molar-refractivity contribution is 0.164. The number of aliphatic hydroxyl groups is 1. The number of nitrogens with two attached hydrogens (primary N) is 1. The number of allylic oxidation sites excluding steroid dienone is 1. The minimum absolute atomic E-state index is 0.510. The van der Waals surface area contributed by atoms with Crippen LogP contribution in [-0.2, 0) is 0 Å². The summed E-state index contributed by atoms with van der Waals surface area (Å²) >= 11 is 0. The highest BCUT2D eigenvalue weighted by Crippen LogP contribution is 2.31. The number of nitrogen functional groups attached to an aromatic ring is 1. The lowest BCUT2D eigenvalue weighted by Gasteiger charge is -2.15. The lowest BCUT2D eigenvalue weighted by atomic mass is 10.0. The van der Waals surface area contributed by atoms with Crippen LogP contribution in [0.2, 0.25) is 0 Å². The molecule has 0 fully saturated rings. The zero-order valence-electron chi connectivity index (χ0n) is 11.1. The standard InChI is InChI=1S/C15H23NO2/c1-3-4-5-6-7-10-13(17)12-9-8-11-14(18-2)15(12)16/h3,8-9,11,13,17H,1,4-7,10,16H2,2H3. The average Bonchev–Trinajstić information content (AvgIpc) is 2.38. The Morgan fingerprint density at radius 1 is 1.39 bits per heavy atom. The minimum atomic E-state index is -0.510. The van der Waals surface area contributed by atoms with E-state index in [0.29, 0.717) is 11.4 Å². The van der Waals surface area contributed by atoms with Crippen molar-refractivity contribution in [2.75, 3.05) is 12.8 Å². The molecule has 1 unspecified atom stereocenters. The maximum absolute atomic E-state index is 10.1. The number of benzene rings is 1. The third kappa shape index (κ3) is 4.08. The number of rotatable bonds is 8. The van der Waals surface area contributed by atoms with E-state index < -0.39 is 6.10 Å². The molecule has 0 aromatic heterocycles. The van der Waals surface area contributed by atoms with Crippen LogP contribution in [-0.4, -0.2) is 12.2 Å². The molecule has 1 aromatic rings. The summed E-state index contributed by atoms with van der Waals surface area (Å²) in [5.74, 6) is 0.623. The molecule has 0 bridgehead atoms. The van der Waals surface area contributed by atoms with E-state index in [9.17, 15) is 5.11 Å². The molecular formula is C15H23NO2. The van der Waals surface area contributed by atoms with Gasteiger partial charge in [0.25, 0.3) is 0 Å². The van der Waals surface area contributed by atoms with Crippen LogP contribution in [0.15, 0.2) is 30.9 Å². The molecule has 0 saturated heterocycles. The van der Waals surface area contributed by atoms with Crippen molar-refractivity contribution in [3.05, 3.63) is 36.4 Å². The zero-order valence-corrected chi connectivity index (χ0v) is 11.1. The predicted octanol–water partition coefficient (Wildman–Crippen LogP) is 3.45. The molecule has 100 valence electrons. The van der Waals surface area contributed by atoms with Gasteiger partial charge in [-0.05, 0) is 25.3 Å². The van der Waals surface area contributed by atoms with Gasteiger partial charge in [0.1, 0.15) is 5.75 Å². The SMILES string of the molecule is C=CCCCCCC(O)c1cccc(OC)c1N. The van der Waals surface area contributed by atoms with Crippen LogP contribution in [0.5, 0.6) is 5.75 Å². The highest BCUT2D eigenvalue weighted by Gasteiger charge is 2.13. The summed E-state index contributed by atoms with van der Waals surface area (Å²) in [5, 5.41) is 10.1. The molecule has 18 heavy (non-hydrogen) atoms. The van der Waals surface area contributed by atoms with E-state index in [1.807, 2.05) is 18.2 Å². The van der Waals surface area contributed by atoms with E-state index in [1.54, 1.807) is 13.2 Å². The summed E-state index contributed by atoms with van der Waals surface area (Å²) in [5.41, 5.74) is 7.25. The van der Waals surface area contributed by atoms with Crippen LogP contribution in [0, 0.1) is 0 Å². The van der Waals surface area contributed by atoms with E-state index >= 15 is 0 Å². The number of hydrogen-bond donors (Lipinski definition) is 2. The molecule has 1 aromatic carbocycles. The van der Waals surface area contributed by atoms with Crippen molar-refractivity contribution in [3.63, 3.8) is 0 Å². The Bertz CT molecular complexity index is 377. The van der Waals surface area contributed by atoms with Crippen molar-refractivity contribution in [1.82, 2.24) is 0 Å². The van der Waals surface area contributed by atoms with Gasteiger partial charge in [0, 0.05) is 5.56 Å². The second-order valence-electron chi connectivity index (χ2n) is 4.41. The molecule has 0 aliphatic carbocycles. The van der Waals surface area contributed by atoms with Gasteiger partial charge < -0.3 is 15.6 Å². The van der Waals surface area contributed by atoms with Gasteiger partial charge in [0.15, 0.2) is 0 Å². The van der Waals surface area contributed by atoms with E-state index in [0.717, 1.165) is 37.7 Å². The molecule has 0 heterocycles. The van der Waals surface area contributed by atoms with Crippen molar-refractivity contribution in [1.29, 1.82) is 0 Å². The quantitative estimate of drug-likeness (QED) is 0.421. The zero-order chi connectivity index (χ0) is 13.4. The van der Waals surface area contributed by atoms with Gasteiger partial charge >= 0.3 is 0 Å². The molecule has 0 saturated carbocycles. The first-order chi connectivity index (χ1) is 8.70. The smallest absolute Gasteiger partial charge is 0.142 e. The molecule has 0 aliphatic rings. The van der Waals surface area contributed by atoms with Gasteiger partial charge in [-0.15, -0.1) is 6.58 Å².